The minimum Gasteiger partial charge on any atom is -0.380 e. The summed E-state index contributed by atoms with van der Waals surface area (Å²) in [6.07, 6.45) is 1.58. The number of rotatable bonds is 3. The van der Waals surface area contributed by atoms with E-state index in [1.807, 2.05) is 0 Å². The Morgan fingerprint density at radius 3 is 3.14 bits per heavy atom. The predicted octanol–water partition coefficient (Wildman–Crippen LogP) is 1.67. The molecule has 2 heterocycles. The van der Waals surface area contributed by atoms with E-state index in [4.69, 9.17) is 4.74 Å². The Labute approximate surface area is 88.7 Å². The van der Waals surface area contributed by atoms with Crippen LogP contribution in [0.2, 0.25) is 0 Å². The first-order valence-electron chi connectivity index (χ1n) is 4.94. The lowest BCUT2D eigenvalue weighted by atomic mass is 10.3. The van der Waals surface area contributed by atoms with Gasteiger partial charge in [-0.25, -0.2) is 4.98 Å². The van der Waals surface area contributed by atoms with Crippen molar-refractivity contribution in [2.75, 3.05) is 20.2 Å². The van der Waals surface area contributed by atoms with Crippen molar-refractivity contribution >= 4 is 11.3 Å². The van der Waals surface area contributed by atoms with E-state index in [1.165, 1.54) is 5.69 Å². The molecule has 1 aromatic rings. The van der Waals surface area contributed by atoms with Crippen molar-refractivity contribution < 1.29 is 4.74 Å². The Morgan fingerprint density at radius 1 is 1.71 bits per heavy atom. The van der Waals surface area contributed by atoms with Crippen molar-refractivity contribution in [3.63, 3.8) is 0 Å². The van der Waals surface area contributed by atoms with Crippen LogP contribution in [0.25, 0.3) is 0 Å². The third-order valence-electron chi connectivity index (χ3n) is 2.61. The van der Waals surface area contributed by atoms with E-state index in [0.717, 1.165) is 31.1 Å². The molecule has 0 spiro atoms. The van der Waals surface area contributed by atoms with Gasteiger partial charge in [-0.3, -0.25) is 4.90 Å². The predicted molar refractivity (Wildman–Crippen MR) is 57.5 cm³/mol. The summed E-state index contributed by atoms with van der Waals surface area (Å²) in [6, 6.07) is 0. The SMILES string of the molecule is CO[C@H]1CCN(Cc2csc(C)n2)C1. The molecule has 0 amide bonds. The second-order valence-corrected chi connectivity index (χ2v) is 4.80. The maximum atomic E-state index is 5.32. The van der Waals surface area contributed by atoms with Crippen LogP contribution in [0.3, 0.4) is 0 Å². The third kappa shape index (κ3) is 2.32. The molecule has 1 atom stereocenters. The highest BCUT2D eigenvalue weighted by molar-refractivity contribution is 7.09. The second kappa shape index (κ2) is 4.38. The van der Waals surface area contributed by atoms with Gasteiger partial charge in [0.2, 0.25) is 0 Å². The maximum absolute atomic E-state index is 5.32. The van der Waals surface area contributed by atoms with Crippen LogP contribution in [0.5, 0.6) is 0 Å². The van der Waals surface area contributed by atoms with Crippen LogP contribution in [0.1, 0.15) is 17.1 Å². The van der Waals surface area contributed by atoms with Gasteiger partial charge in [-0.1, -0.05) is 0 Å². The maximum Gasteiger partial charge on any atom is 0.0897 e. The van der Waals surface area contributed by atoms with E-state index in [0.29, 0.717) is 6.10 Å². The normalized spacial score (nSPS) is 23.1. The van der Waals surface area contributed by atoms with Crippen LogP contribution in [0.15, 0.2) is 5.38 Å². The van der Waals surface area contributed by atoms with Gasteiger partial charge in [0.15, 0.2) is 0 Å². The Hall–Kier alpha value is -0.450. The summed E-state index contributed by atoms with van der Waals surface area (Å²) >= 11 is 1.73. The minimum atomic E-state index is 0.426. The molecule has 14 heavy (non-hydrogen) atoms. The number of ether oxygens (including phenoxy) is 1. The summed E-state index contributed by atoms with van der Waals surface area (Å²) in [4.78, 5) is 6.87. The smallest absolute Gasteiger partial charge is 0.0897 e. The molecule has 0 radical (unpaired) electrons. The molecule has 4 heteroatoms. The first-order valence-corrected chi connectivity index (χ1v) is 5.82. The fourth-order valence-electron chi connectivity index (χ4n) is 1.84. The number of thiazole rings is 1. The molecular formula is C10H16N2OS. The topological polar surface area (TPSA) is 25.4 Å². The van der Waals surface area contributed by atoms with Crippen LogP contribution in [0.4, 0.5) is 0 Å². The van der Waals surface area contributed by atoms with Crippen molar-refractivity contribution in [2.24, 2.45) is 0 Å². The summed E-state index contributed by atoms with van der Waals surface area (Å²) in [5.74, 6) is 0. The van der Waals surface area contributed by atoms with E-state index >= 15 is 0 Å². The Kier molecular flexibility index (Phi) is 3.15. The van der Waals surface area contributed by atoms with Crippen LogP contribution >= 0.6 is 11.3 Å². The van der Waals surface area contributed by atoms with Crippen molar-refractivity contribution in [1.82, 2.24) is 9.88 Å². The summed E-state index contributed by atoms with van der Waals surface area (Å²) in [6.45, 7) is 5.21. The van der Waals surface area contributed by atoms with Crippen molar-refractivity contribution in [2.45, 2.75) is 26.0 Å². The number of nitrogens with zero attached hydrogens (tertiary/aromatic N) is 2. The lowest BCUT2D eigenvalue weighted by Crippen LogP contribution is -2.22. The van der Waals surface area contributed by atoms with Gasteiger partial charge in [-0.2, -0.15) is 0 Å². The molecule has 0 aliphatic carbocycles. The molecule has 0 bridgehead atoms. The lowest BCUT2D eigenvalue weighted by molar-refractivity contribution is 0.107. The average molecular weight is 212 g/mol. The zero-order chi connectivity index (χ0) is 9.97. The third-order valence-corrected chi connectivity index (χ3v) is 3.44. The molecule has 1 aromatic heterocycles. The van der Waals surface area contributed by atoms with Crippen LogP contribution < -0.4 is 0 Å². The first kappa shape index (κ1) is 10.1. The van der Waals surface area contributed by atoms with Crippen molar-refractivity contribution in [1.29, 1.82) is 0 Å². The summed E-state index contributed by atoms with van der Waals surface area (Å²) in [7, 11) is 1.79. The Morgan fingerprint density at radius 2 is 2.57 bits per heavy atom. The fourth-order valence-corrected chi connectivity index (χ4v) is 2.45. The number of likely N-dealkylation sites (tertiary alicyclic amines) is 1. The van der Waals surface area contributed by atoms with Crippen molar-refractivity contribution in [3.05, 3.63) is 16.1 Å². The highest BCUT2D eigenvalue weighted by Crippen LogP contribution is 2.16. The molecule has 0 unspecified atom stereocenters. The largest absolute Gasteiger partial charge is 0.380 e. The van der Waals surface area contributed by atoms with E-state index in [1.54, 1.807) is 18.4 Å². The van der Waals surface area contributed by atoms with Gasteiger partial charge in [0.05, 0.1) is 16.8 Å². The lowest BCUT2D eigenvalue weighted by Gasteiger charge is -2.13. The molecule has 0 aromatic carbocycles. The molecule has 2 rings (SSSR count). The summed E-state index contributed by atoms with van der Waals surface area (Å²) in [5, 5.41) is 3.30. The fraction of sp³-hybridized carbons (Fsp3) is 0.700. The molecule has 1 fully saturated rings. The summed E-state index contributed by atoms with van der Waals surface area (Å²) in [5.41, 5.74) is 1.20. The molecule has 1 saturated heterocycles. The van der Waals surface area contributed by atoms with E-state index in [2.05, 4.69) is 22.2 Å². The molecule has 1 aliphatic heterocycles. The zero-order valence-corrected chi connectivity index (χ0v) is 9.51. The zero-order valence-electron chi connectivity index (χ0n) is 8.69. The molecule has 1 aliphatic rings. The molecule has 78 valence electrons. The second-order valence-electron chi connectivity index (χ2n) is 3.74. The van der Waals surface area contributed by atoms with Crippen LogP contribution in [-0.4, -0.2) is 36.2 Å². The summed E-state index contributed by atoms with van der Waals surface area (Å²) < 4.78 is 5.32. The number of methoxy groups -OCH3 is 1. The van der Waals surface area contributed by atoms with Gasteiger partial charge < -0.3 is 4.74 Å². The van der Waals surface area contributed by atoms with E-state index in [9.17, 15) is 0 Å². The number of hydrogen-bond donors (Lipinski definition) is 0. The highest BCUT2D eigenvalue weighted by Gasteiger charge is 2.22. The number of aryl methyl sites for hydroxylation is 1. The van der Waals surface area contributed by atoms with Gasteiger partial charge in [-0.05, 0) is 13.3 Å². The van der Waals surface area contributed by atoms with Crippen LogP contribution in [0, 0.1) is 6.92 Å². The van der Waals surface area contributed by atoms with E-state index in [-0.39, 0.29) is 0 Å². The Bertz CT molecular complexity index is 300. The first-order chi connectivity index (χ1) is 6.78. The van der Waals surface area contributed by atoms with Gasteiger partial charge >= 0.3 is 0 Å². The highest BCUT2D eigenvalue weighted by atomic mass is 32.1. The molecule has 0 N–H and O–H groups in total. The molecular weight excluding hydrogens is 196 g/mol. The minimum absolute atomic E-state index is 0.426. The standard InChI is InChI=1S/C10H16N2OS/c1-8-11-9(7-14-8)5-12-4-3-10(6-12)13-2/h7,10H,3-6H2,1-2H3/t10-/m0/s1. The quantitative estimate of drug-likeness (QED) is 0.762. The molecule has 3 nitrogen and oxygen atoms in total. The van der Waals surface area contributed by atoms with E-state index < -0.39 is 0 Å². The monoisotopic (exact) mass is 212 g/mol. The average Bonchev–Trinajstić information content (AvgIpc) is 2.76. The Balaban J connectivity index is 1.87. The number of aromatic nitrogens is 1. The van der Waals surface area contributed by atoms with Gasteiger partial charge in [-0.15, -0.1) is 11.3 Å². The van der Waals surface area contributed by atoms with Gasteiger partial charge in [0, 0.05) is 32.1 Å². The van der Waals surface area contributed by atoms with Crippen molar-refractivity contribution in [3.8, 4) is 0 Å². The van der Waals surface area contributed by atoms with Gasteiger partial charge in [0.25, 0.3) is 0 Å². The number of hydrogen-bond acceptors (Lipinski definition) is 4. The van der Waals surface area contributed by atoms with Crippen LogP contribution in [-0.2, 0) is 11.3 Å². The van der Waals surface area contributed by atoms with Gasteiger partial charge in [0.1, 0.15) is 0 Å². The molecule has 0 saturated carbocycles.